The number of benzene rings is 2. The third-order valence-corrected chi connectivity index (χ3v) is 8.41. The molecule has 0 spiro atoms. The van der Waals surface area contributed by atoms with Crippen LogP contribution < -0.4 is 10.6 Å². The summed E-state index contributed by atoms with van der Waals surface area (Å²) >= 11 is 12.3. The molecule has 0 radical (unpaired) electrons. The van der Waals surface area contributed by atoms with E-state index >= 15 is 0 Å². The molecule has 3 heterocycles. The molecule has 6 nitrogen and oxygen atoms in total. The third kappa shape index (κ3) is 5.36. The van der Waals surface area contributed by atoms with Gasteiger partial charge in [-0.1, -0.05) is 48.9 Å². The van der Waals surface area contributed by atoms with Crippen molar-refractivity contribution in [3.63, 3.8) is 0 Å². The first kappa shape index (κ1) is 27.9. The minimum Gasteiger partial charge on any atom is -0.352 e. The summed E-state index contributed by atoms with van der Waals surface area (Å²) in [7, 11) is 0. The lowest BCUT2D eigenvalue weighted by molar-refractivity contribution is -0.116. The molecular formula is C32H34ClN5OS. The minimum atomic E-state index is -0.162. The van der Waals surface area contributed by atoms with Crippen molar-refractivity contribution < 1.29 is 4.79 Å². The van der Waals surface area contributed by atoms with Gasteiger partial charge in [0.05, 0.1) is 17.8 Å². The summed E-state index contributed by atoms with van der Waals surface area (Å²) in [4.78, 5) is 19.9. The molecule has 1 fully saturated rings. The SMILES string of the molecule is CCc1ccccc1NC(=O)CCN1C(=S)NC(c2ccccn2)C1c1c(C)c(C)n(-c2cccc(Cl)c2)c1C. The molecule has 0 bridgehead atoms. The van der Waals surface area contributed by atoms with E-state index in [1.54, 1.807) is 6.20 Å². The van der Waals surface area contributed by atoms with Gasteiger partial charge in [-0.2, -0.15) is 0 Å². The number of aryl methyl sites for hydroxylation is 1. The highest BCUT2D eigenvalue weighted by Crippen LogP contribution is 2.43. The van der Waals surface area contributed by atoms with Gasteiger partial charge in [0.2, 0.25) is 5.91 Å². The summed E-state index contributed by atoms with van der Waals surface area (Å²) in [6, 6.07) is 21.5. The van der Waals surface area contributed by atoms with Crippen molar-refractivity contribution in [1.29, 1.82) is 0 Å². The number of nitrogens with zero attached hydrogens (tertiary/aromatic N) is 3. The molecule has 4 aromatic rings. The highest BCUT2D eigenvalue weighted by molar-refractivity contribution is 7.80. The summed E-state index contributed by atoms with van der Waals surface area (Å²) in [5.41, 5.74) is 8.51. The number of hydrogen-bond donors (Lipinski definition) is 2. The number of thiocarbonyl (C=S) groups is 1. The second-order valence-corrected chi connectivity index (χ2v) is 11.0. The highest BCUT2D eigenvalue weighted by Gasteiger charge is 2.42. The summed E-state index contributed by atoms with van der Waals surface area (Å²) in [5.74, 6) is -0.0372. The largest absolute Gasteiger partial charge is 0.352 e. The Morgan fingerprint density at radius 2 is 1.82 bits per heavy atom. The van der Waals surface area contributed by atoms with Gasteiger partial charge in [0, 0.05) is 52.5 Å². The Kier molecular flexibility index (Phi) is 8.24. The van der Waals surface area contributed by atoms with Crippen LogP contribution >= 0.6 is 23.8 Å². The first-order valence-electron chi connectivity index (χ1n) is 13.6. The van der Waals surface area contributed by atoms with Crippen LogP contribution in [0.5, 0.6) is 0 Å². The van der Waals surface area contributed by atoms with E-state index in [2.05, 4.69) is 58.8 Å². The van der Waals surface area contributed by atoms with Crippen molar-refractivity contribution in [2.45, 2.75) is 52.6 Å². The van der Waals surface area contributed by atoms with E-state index < -0.39 is 0 Å². The molecule has 1 aliphatic rings. The number of carbonyl (C=O) groups is 1. The maximum absolute atomic E-state index is 13.1. The average molecular weight is 572 g/mol. The van der Waals surface area contributed by atoms with E-state index in [1.807, 2.05) is 60.7 Å². The molecule has 1 saturated heterocycles. The number of pyridine rings is 1. The molecule has 2 aromatic carbocycles. The van der Waals surface area contributed by atoms with E-state index in [9.17, 15) is 4.79 Å². The van der Waals surface area contributed by atoms with Crippen molar-refractivity contribution in [1.82, 2.24) is 19.8 Å². The molecule has 1 amide bonds. The van der Waals surface area contributed by atoms with Gasteiger partial charge in [0.25, 0.3) is 0 Å². The molecule has 8 heteroatoms. The molecule has 40 heavy (non-hydrogen) atoms. The van der Waals surface area contributed by atoms with Crippen LogP contribution in [-0.4, -0.2) is 32.0 Å². The lowest BCUT2D eigenvalue weighted by atomic mass is 9.93. The molecule has 2 N–H and O–H groups in total. The average Bonchev–Trinajstić information content (AvgIpc) is 3.39. The first-order valence-corrected chi connectivity index (χ1v) is 14.4. The lowest BCUT2D eigenvalue weighted by Crippen LogP contribution is -2.33. The van der Waals surface area contributed by atoms with Gasteiger partial charge < -0.3 is 20.1 Å². The van der Waals surface area contributed by atoms with Crippen LogP contribution in [-0.2, 0) is 11.2 Å². The number of rotatable bonds is 8. The van der Waals surface area contributed by atoms with Crippen molar-refractivity contribution in [3.8, 4) is 5.69 Å². The van der Waals surface area contributed by atoms with Crippen molar-refractivity contribution >= 4 is 40.5 Å². The van der Waals surface area contributed by atoms with Crippen LogP contribution in [0.15, 0.2) is 72.9 Å². The molecule has 2 unspecified atom stereocenters. The molecule has 1 aliphatic heterocycles. The quantitative estimate of drug-likeness (QED) is 0.223. The molecule has 2 aromatic heterocycles. The van der Waals surface area contributed by atoms with Crippen molar-refractivity contribution in [3.05, 3.63) is 112 Å². The Morgan fingerprint density at radius 1 is 1.05 bits per heavy atom. The van der Waals surface area contributed by atoms with Crippen LogP contribution in [0.2, 0.25) is 5.02 Å². The molecule has 0 saturated carbocycles. The molecule has 2 atom stereocenters. The number of para-hydroxylation sites is 1. The zero-order chi connectivity index (χ0) is 28.4. The molecule has 5 rings (SSSR count). The fourth-order valence-corrected chi connectivity index (χ4v) is 6.31. The van der Waals surface area contributed by atoms with Gasteiger partial charge in [0.15, 0.2) is 5.11 Å². The first-order chi connectivity index (χ1) is 19.3. The van der Waals surface area contributed by atoms with Crippen LogP contribution in [0.1, 0.15) is 59.2 Å². The third-order valence-electron chi connectivity index (χ3n) is 7.82. The van der Waals surface area contributed by atoms with Crippen LogP contribution in [0.25, 0.3) is 5.69 Å². The number of halogens is 1. The fraction of sp³-hybridized carbons (Fsp3) is 0.281. The standard InChI is InChI=1S/C32H34ClN5OS/c1-5-23-11-6-7-14-26(23)35-28(39)16-18-37-31(30(36-32(37)40)27-15-8-9-17-34-27)29-20(2)21(3)38(22(29)4)25-13-10-12-24(33)19-25/h6-15,17,19,30-31H,5,16,18H2,1-4H3,(H,35,39)(H,36,40). The van der Waals surface area contributed by atoms with E-state index in [-0.39, 0.29) is 18.0 Å². The Balaban J connectivity index is 1.50. The smallest absolute Gasteiger partial charge is 0.226 e. The van der Waals surface area contributed by atoms with Crippen molar-refractivity contribution in [2.24, 2.45) is 0 Å². The number of aromatic nitrogens is 2. The monoisotopic (exact) mass is 571 g/mol. The summed E-state index contributed by atoms with van der Waals surface area (Å²) in [6.07, 6.45) is 2.96. The number of anilines is 1. The van der Waals surface area contributed by atoms with Gasteiger partial charge >= 0.3 is 0 Å². The normalized spacial score (nSPS) is 16.7. The Hall–Kier alpha value is -3.68. The van der Waals surface area contributed by atoms with Gasteiger partial charge in [0.1, 0.15) is 0 Å². The Bertz CT molecular complexity index is 1550. The van der Waals surface area contributed by atoms with Crippen LogP contribution in [0.3, 0.4) is 0 Å². The van der Waals surface area contributed by atoms with E-state index in [0.717, 1.165) is 40.4 Å². The molecule has 206 valence electrons. The predicted molar refractivity (Wildman–Crippen MR) is 166 cm³/mol. The highest BCUT2D eigenvalue weighted by atomic mass is 35.5. The summed E-state index contributed by atoms with van der Waals surface area (Å²) in [5, 5.41) is 7.94. The second kappa shape index (κ2) is 11.8. The van der Waals surface area contributed by atoms with E-state index in [0.29, 0.717) is 23.1 Å². The summed E-state index contributed by atoms with van der Waals surface area (Å²) in [6.45, 7) is 8.98. The van der Waals surface area contributed by atoms with E-state index in [1.165, 1.54) is 11.1 Å². The topological polar surface area (TPSA) is 62.2 Å². The Morgan fingerprint density at radius 3 is 2.55 bits per heavy atom. The summed E-state index contributed by atoms with van der Waals surface area (Å²) < 4.78 is 2.25. The van der Waals surface area contributed by atoms with Crippen LogP contribution in [0.4, 0.5) is 5.69 Å². The lowest BCUT2D eigenvalue weighted by Gasteiger charge is -2.29. The second-order valence-electron chi connectivity index (χ2n) is 10.2. The zero-order valence-corrected chi connectivity index (χ0v) is 24.8. The van der Waals surface area contributed by atoms with Gasteiger partial charge in [-0.3, -0.25) is 9.78 Å². The van der Waals surface area contributed by atoms with E-state index in [4.69, 9.17) is 23.8 Å². The van der Waals surface area contributed by atoms with Crippen molar-refractivity contribution in [2.75, 3.05) is 11.9 Å². The number of carbonyl (C=O) groups excluding carboxylic acids is 1. The number of nitrogens with one attached hydrogen (secondary N) is 2. The molecule has 0 aliphatic carbocycles. The van der Waals surface area contributed by atoms with Gasteiger partial charge in [-0.25, -0.2) is 0 Å². The fourth-order valence-electron chi connectivity index (χ4n) is 5.79. The van der Waals surface area contributed by atoms with Gasteiger partial charge in [-0.05, 0) is 86.9 Å². The predicted octanol–water partition coefficient (Wildman–Crippen LogP) is 7.01. The maximum Gasteiger partial charge on any atom is 0.226 e. The Labute approximate surface area is 246 Å². The zero-order valence-electron chi connectivity index (χ0n) is 23.2. The number of amides is 1. The van der Waals surface area contributed by atoms with Gasteiger partial charge in [-0.15, -0.1) is 0 Å². The molecular weight excluding hydrogens is 538 g/mol. The minimum absolute atomic E-state index is 0.0372. The number of hydrogen-bond acceptors (Lipinski definition) is 3. The van der Waals surface area contributed by atoms with Crippen LogP contribution in [0, 0.1) is 20.8 Å². The maximum atomic E-state index is 13.1.